The number of fused-ring (bicyclic) bond motifs is 1. The van der Waals surface area contributed by atoms with Gasteiger partial charge in [-0.25, -0.2) is 9.69 Å². The van der Waals surface area contributed by atoms with Crippen LogP contribution in [0.5, 0.6) is 11.5 Å². The molecule has 0 radical (unpaired) electrons. The number of nitrogens with zero attached hydrogens (tertiary/aromatic N) is 2. The van der Waals surface area contributed by atoms with Gasteiger partial charge in [-0.1, -0.05) is 11.6 Å². The molecule has 0 atom stereocenters. The van der Waals surface area contributed by atoms with Crippen molar-refractivity contribution in [1.29, 1.82) is 0 Å². The molecule has 0 saturated carbocycles. The number of nitrogens with one attached hydrogen (secondary N) is 1. The number of barbiturate groups is 1. The monoisotopic (exact) mass is 541 g/mol. The zero-order valence-corrected chi connectivity index (χ0v) is 20.4. The maximum absolute atomic E-state index is 13.3. The summed E-state index contributed by atoms with van der Waals surface area (Å²) in [6.45, 7) is 3.85. The molecular weight excluding hydrogens is 526 g/mol. The van der Waals surface area contributed by atoms with Crippen molar-refractivity contribution in [3.8, 4) is 17.2 Å². The molecule has 0 spiro atoms. The van der Waals surface area contributed by atoms with Gasteiger partial charge in [0, 0.05) is 27.6 Å². The number of aromatic nitrogens is 1. The summed E-state index contributed by atoms with van der Waals surface area (Å²) >= 11 is 9.66. The van der Waals surface area contributed by atoms with Crippen LogP contribution in [0.2, 0.25) is 5.02 Å². The van der Waals surface area contributed by atoms with Crippen LogP contribution in [0.4, 0.5) is 10.5 Å². The minimum absolute atomic E-state index is 0.0573. The van der Waals surface area contributed by atoms with Gasteiger partial charge in [-0.15, -0.1) is 0 Å². The number of ether oxygens (including phenoxy) is 2. The first-order valence-electron chi connectivity index (χ1n) is 10.2. The zero-order chi connectivity index (χ0) is 24.1. The minimum atomic E-state index is -0.832. The second-order valence-corrected chi connectivity index (χ2v) is 9.02. The third kappa shape index (κ3) is 3.66. The third-order valence-corrected chi connectivity index (χ3v) is 6.88. The predicted octanol–water partition coefficient (Wildman–Crippen LogP) is 4.91. The van der Waals surface area contributed by atoms with Crippen molar-refractivity contribution in [2.45, 2.75) is 13.8 Å². The molecule has 1 aromatic heterocycles. The quantitative estimate of drug-likeness (QED) is 0.375. The van der Waals surface area contributed by atoms with Crippen molar-refractivity contribution < 1.29 is 23.9 Å². The van der Waals surface area contributed by atoms with Crippen LogP contribution >= 0.6 is 27.5 Å². The number of carbonyl (C=O) groups excluding carboxylic acids is 3. The highest BCUT2D eigenvalue weighted by atomic mass is 79.9. The van der Waals surface area contributed by atoms with E-state index < -0.39 is 17.8 Å². The van der Waals surface area contributed by atoms with Crippen LogP contribution in [0.15, 0.2) is 52.5 Å². The highest BCUT2D eigenvalue weighted by Crippen LogP contribution is 2.36. The molecular formula is C24H17BrClN3O5. The molecule has 3 aromatic rings. The molecule has 0 unspecified atom stereocenters. The number of hydrogen-bond acceptors (Lipinski definition) is 5. The van der Waals surface area contributed by atoms with Gasteiger partial charge in [0.1, 0.15) is 5.57 Å². The number of urea groups is 1. The van der Waals surface area contributed by atoms with Crippen LogP contribution in [-0.2, 0) is 9.59 Å². The summed E-state index contributed by atoms with van der Waals surface area (Å²) < 4.78 is 13.4. The van der Waals surface area contributed by atoms with Crippen molar-refractivity contribution >= 4 is 57.1 Å². The highest BCUT2D eigenvalue weighted by Gasteiger charge is 2.37. The molecule has 5 rings (SSSR count). The Morgan fingerprint density at radius 1 is 1.00 bits per heavy atom. The van der Waals surface area contributed by atoms with Crippen molar-refractivity contribution in [2.24, 2.45) is 0 Å². The fourth-order valence-corrected chi connectivity index (χ4v) is 4.45. The van der Waals surface area contributed by atoms with Crippen LogP contribution < -0.4 is 19.7 Å². The molecule has 1 saturated heterocycles. The lowest BCUT2D eigenvalue weighted by Crippen LogP contribution is -2.54. The van der Waals surface area contributed by atoms with Crippen LogP contribution in [0.3, 0.4) is 0 Å². The lowest BCUT2D eigenvalue weighted by Gasteiger charge is -2.26. The summed E-state index contributed by atoms with van der Waals surface area (Å²) in [6, 6.07) is 11.3. The van der Waals surface area contributed by atoms with Gasteiger partial charge in [-0.05, 0) is 77.8 Å². The van der Waals surface area contributed by atoms with Crippen molar-refractivity contribution in [2.75, 3.05) is 11.7 Å². The van der Waals surface area contributed by atoms with Crippen LogP contribution in [0.25, 0.3) is 11.8 Å². The lowest BCUT2D eigenvalue weighted by molar-refractivity contribution is -0.122. The molecule has 3 heterocycles. The van der Waals surface area contributed by atoms with Crippen molar-refractivity contribution in [3.63, 3.8) is 0 Å². The second kappa shape index (κ2) is 8.34. The first kappa shape index (κ1) is 22.2. The highest BCUT2D eigenvalue weighted by molar-refractivity contribution is 9.10. The summed E-state index contributed by atoms with van der Waals surface area (Å²) in [4.78, 5) is 39.3. The summed E-state index contributed by atoms with van der Waals surface area (Å²) in [5.74, 6) is -0.564. The number of rotatable bonds is 3. The van der Waals surface area contributed by atoms with E-state index in [4.69, 9.17) is 21.1 Å². The molecule has 34 heavy (non-hydrogen) atoms. The number of aryl methyl sites for hydroxylation is 1. The van der Waals surface area contributed by atoms with Gasteiger partial charge in [0.25, 0.3) is 11.8 Å². The Morgan fingerprint density at radius 3 is 2.50 bits per heavy atom. The lowest BCUT2D eigenvalue weighted by atomic mass is 10.1. The van der Waals surface area contributed by atoms with Crippen LogP contribution in [0.1, 0.15) is 17.0 Å². The van der Waals surface area contributed by atoms with E-state index in [0.29, 0.717) is 22.1 Å². The number of benzene rings is 2. The fraction of sp³-hybridized carbons (Fsp3) is 0.125. The molecule has 0 aliphatic carbocycles. The Labute approximate surface area is 207 Å². The SMILES string of the molecule is Cc1cc(/C=C2\C(=O)NC(=O)N(c3ccc4c(c3)OCO4)C2=O)c(C)n1-c1ccc(Br)c(Cl)c1. The number of imide groups is 2. The number of amides is 4. The van der Waals surface area contributed by atoms with E-state index >= 15 is 0 Å². The van der Waals surface area contributed by atoms with Gasteiger partial charge in [0.2, 0.25) is 6.79 Å². The van der Waals surface area contributed by atoms with Crippen molar-refractivity contribution in [1.82, 2.24) is 9.88 Å². The van der Waals surface area contributed by atoms with E-state index in [1.54, 1.807) is 12.1 Å². The summed E-state index contributed by atoms with van der Waals surface area (Å²) in [5.41, 5.74) is 3.29. The fourth-order valence-electron chi connectivity index (χ4n) is 4.03. The second-order valence-electron chi connectivity index (χ2n) is 7.76. The maximum Gasteiger partial charge on any atom is 0.335 e. The van der Waals surface area contributed by atoms with E-state index in [9.17, 15) is 14.4 Å². The number of anilines is 1. The van der Waals surface area contributed by atoms with Gasteiger partial charge in [-0.2, -0.15) is 0 Å². The number of halogens is 2. The van der Waals surface area contributed by atoms with E-state index in [0.717, 1.165) is 26.4 Å². The van der Waals surface area contributed by atoms with Crippen LogP contribution in [0, 0.1) is 13.8 Å². The van der Waals surface area contributed by atoms with Gasteiger partial charge in [0.05, 0.1) is 10.7 Å². The number of hydrogen-bond donors (Lipinski definition) is 1. The average Bonchev–Trinajstić information content (AvgIpc) is 3.36. The van der Waals surface area contributed by atoms with E-state index in [1.165, 1.54) is 12.1 Å². The Bertz CT molecular complexity index is 1430. The molecule has 4 amide bonds. The molecule has 1 fully saturated rings. The van der Waals surface area contributed by atoms with Crippen molar-refractivity contribution in [3.05, 3.63) is 74.5 Å². The van der Waals surface area contributed by atoms with Gasteiger partial charge >= 0.3 is 6.03 Å². The van der Waals surface area contributed by atoms with Crippen LogP contribution in [-0.4, -0.2) is 29.2 Å². The normalized spacial score (nSPS) is 16.4. The average molecular weight is 543 g/mol. The smallest absolute Gasteiger partial charge is 0.335 e. The summed E-state index contributed by atoms with van der Waals surface area (Å²) in [7, 11) is 0. The molecule has 0 bridgehead atoms. The Morgan fingerprint density at radius 2 is 1.74 bits per heavy atom. The van der Waals surface area contributed by atoms with Gasteiger partial charge in [-0.3, -0.25) is 14.9 Å². The molecule has 10 heteroatoms. The predicted molar refractivity (Wildman–Crippen MR) is 130 cm³/mol. The zero-order valence-electron chi connectivity index (χ0n) is 18.0. The largest absolute Gasteiger partial charge is 0.454 e. The topological polar surface area (TPSA) is 89.9 Å². The molecule has 8 nitrogen and oxygen atoms in total. The third-order valence-electron chi connectivity index (χ3n) is 5.65. The standard InChI is InChI=1S/C24H17BrClN3O5/c1-12-7-14(13(2)28(12)15-3-5-18(25)19(26)9-15)8-17-22(30)27-24(32)29(23(17)31)16-4-6-20-21(10-16)34-11-33-20/h3-10H,11H2,1-2H3,(H,27,30,32)/b17-8+. The first-order chi connectivity index (χ1) is 16.2. The molecule has 2 aliphatic heterocycles. The Hall–Kier alpha value is -3.56. The Balaban J connectivity index is 1.54. The van der Waals surface area contributed by atoms with Gasteiger partial charge < -0.3 is 14.0 Å². The Kier molecular flexibility index (Phi) is 5.45. The summed E-state index contributed by atoms with van der Waals surface area (Å²) in [6.07, 6.45) is 1.49. The minimum Gasteiger partial charge on any atom is -0.454 e. The molecule has 172 valence electrons. The van der Waals surface area contributed by atoms with E-state index in [-0.39, 0.29) is 18.1 Å². The molecule has 1 N–H and O–H groups in total. The maximum atomic E-state index is 13.3. The van der Waals surface area contributed by atoms with Gasteiger partial charge in [0.15, 0.2) is 11.5 Å². The number of carbonyl (C=O) groups is 3. The summed E-state index contributed by atoms with van der Waals surface area (Å²) in [5, 5.41) is 2.80. The van der Waals surface area contributed by atoms with E-state index in [2.05, 4.69) is 21.2 Å². The molecule has 2 aromatic carbocycles. The first-order valence-corrected chi connectivity index (χ1v) is 11.4. The molecule has 2 aliphatic rings. The van der Waals surface area contributed by atoms with E-state index in [1.807, 2.05) is 42.7 Å².